The highest BCUT2D eigenvalue weighted by Crippen LogP contribution is 2.23. The molecule has 19 heavy (non-hydrogen) atoms. The Labute approximate surface area is 117 Å². The molecule has 0 spiro atoms. The summed E-state index contributed by atoms with van der Waals surface area (Å²) in [4.78, 5) is 0. The fraction of sp³-hybridized carbons (Fsp3) is 0.368. The van der Waals surface area contributed by atoms with E-state index in [1.165, 1.54) is 27.8 Å². The number of rotatable bonds is 4. The summed E-state index contributed by atoms with van der Waals surface area (Å²) in [5.41, 5.74) is 8.81. The van der Waals surface area contributed by atoms with Crippen LogP contribution in [0.4, 0.5) is 0 Å². The lowest BCUT2D eigenvalue weighted by atomic mass is 9.90. The monoisotopic (exact) mass is 252 g/mol. The van der Waals surface area contributed by atoms with E-state index in [1.54, 1.807) is 5.56 Å². The van der Waals surface area contributed by atoms with Gasteiger partial charge in [-0.25, -0.2) is 0 Å². The minimum atomic E-state index is 1.06. The largest absolute Gasteiger partial charge is 0.0620 e. The van der Waals surface area contributed by atoms with Crippen molar-refractivity contribution in [3.8, 4) is 0 Å². The van der Waals surface area contributed by atoms with Crippen LogP contribution in [-0.2, 0) is 19.3 Å². The van der Waals surface area contributed by atoms with Gasteiger partial charge in [-0.2, -0.15) is 0 Å². The maximum atomic E-state index is 2.37. The van der Waals surface area contributed by atoms with E-state index in [0.29, 0.717) is 0 Å². The van der Waals surface area contributed by atoms with Crippen molar-refractivity contribution >= 4 is 0 Å². The van der Waals surface area contributed by atoms with E-state index >= 15 is 0 Å². The Kier molecular flexibility index (Phi) is 4.42. The minimum absolute atomic E-state index is 1.06. The summed E-state index contributed by atoms with van der Waals surface area (Å²) < 4.78 is 0. The second-order valence-corrected chi connectivity index (χ2v) is 5.37. The Morgan fingerprint density at radius 3 is 2.11 bits per heavy atom. The Bertz CT molecular complexity index is 564. The van der Waals surface area contributed by atoms with Gasteiger partial charge in [-0.05, 0) is 60.9 Å². The first-order chi connectivity index (χ1) is 9.15. The van der Waals surface area contributed by atoms with E-state index in [9.17, 15) is 0 Å². The summed E-state index contributed by atoms with van der Waals surface area (Å²) >= 11 is 0. The summed E-state index contributed by atoms with van der Waals surface area (Å²) in [7, 11) is 0. The summed E-state index contributed by atoms with van der Waals surface area (Å²) in [6, 6.07) is 13.4. The van der Waals surface area contributed by atoms with Crippen molar-refractivity contribution in [2.24, 2.45) is 0 Å². The van der Waals surface area contributed by atoms with Crippen LogP contribution in [0.3, 0.4) is 0 Å². The molecular weight excluding hydrogens is 228 g/mol. The maximum absolute atomic E-state index is 2.37. The van der Waals surface area contributed by atoms with E-state index in [1.807, 2.05) is 0 Å². The van der Waals surface area contributed by atoms with Crippen LogP contribution in [0.1, 0.15) is 47.2 Å². The molecule has 2 aromatic rings. The molecule has 0 saturated heterocycles. The van der Waals surface area contributed by atoms with Crippen molar-refractivity contribution in [2.75, 3.05) is 0 Å². The molecule has 2 aromatic carbocycles. The molecule has 0 aliphatic rings. The molecule has 0 N–H and O–H groups in total. The van der Waals surface area contributed by atoms with Crippen LogP contribution in [0.5, 0.6) is 0 Å². The second-order valence-electron chi connectivity index (χ2n) is 5.37. The van der Waals surface area contributed by atoms with Crippen LogP contribution in [0.25, 0.3) is 0 Å². The number of hydrogen-bond acceptors (Lipinski definition) is 0. The maximum Gasteiger partial charge on any atom is -0.00202 e. The van der Waals surface area contributed by atoms with Crippen LogP contribution in [-0.4, -0.2) is 0 Å². The van der Waals surface area contributed by atoms with Crippen molar-refractivity contribution in [1.82, 2.24) is 0 Å². The molecule has 0 aliphatic heterocycles. The smallest absolute Gasteiger partial charge is 0.00202 e. The van der Waals surface area contributed by atoms with E-state index in [4.69, 9.17) is 0 Å². The van der Waals surface area contributed by atoms with Gasteiger partial charge in [0.1, 0.15) is 0 Å². The number of aryl methyl sites for hydroxylation is 3. The van der Waals surface area contributed by atoms with Crippen LogP contribution in [0.2, 0.25) is 0 Å². The van der Waals surface area contributed by atoms with Crippen LogP contribution in [0.15, 0.2) is 36.4 Å². The van der Waals surface area contributed by atoms with Gasteiger partial charge in [0, 0.05) is 0 Å². The van der Waals surface area contributed by atoms with Crippen LogP contribution < -0.4 is 0 Å². The highest BCUT2D eigenvalue weighted by molar-refractivity contribution is 5.43. The van der Waals surface area contributed by atoms with Crippen molar-refractivity contribution in [1.29, 1.82) is 0 Å². The topological polar surface area (TPSA) is 0 Å². The standard InChI is InChI=1S/C19H24/c1-5-16-11-14(3)12-18(19(16)6-2)13-17-10-8-7-9-15(17)4/h7-12H,5-6,13H2,1-4H3. The molecular formula is C19H24. The first-order valence-corrected chi connectivity index (χ1v) is 7.31. The van der Waals surface area contributed by atoms with Crippen molar-refractivity contribution in [2.45, 2.75) is 47.0 Å². The van der Waals surface area contributed by atoms with Gasteiger partial charge in [-0.1, -0.05) is 55.8 Å². The second kappa shape index (κ2) is 6.06. The molecule has 0 heterocycles. The molecule has 0 aromatic heterocycles. The first kappa shape index (κ1) is 13.9. The molecule has 0 radical (unpaired) electrons. The van der Waals surface area contributed by atoms with Crippen molar-refractivity contribution in [3.05, 3.63) is 69.8 Å². The van der Waals surface area contributed by atoms with Crippen molar-refractivity contribution in [3.63, 3.8) is 0 Å². The van der Waals surface area contributed by atoms with Crippen molar-refractivity contribution < 1.29 is 0 Å². The SMILES string of the molecule is CCc1cc(C)cc(Cc2ccccc2C)c1CC. The molecule has 0 aliphatic carbocycles. The summed E-state index contributed by atoms with van der Waals surface area (Å²) in [5.74, 6) is 0. The van der Waals surface area contributed by atoms with Gasteiger partial charge >= 0.3 is 0 Å². The quantitative estimate of drug-likeness (QED) is 0.717. The third kappa shape index (κ3) is 3.07. The molecule has 0 atom stereocenters. The fourth-order valence-electron chi connectivity index (χ4n) is 2.91. The number of benzene rings is 2. The lowest BCUT2D eigenvalue weighted by molar-refractivity contribution is 0.984. The zero-order chi connectivity index (χ0) is 13.8. The third-order valence-corrected chi connectivity index (χ3v) is 3.96. The average Bonchev–Trinajstić information content (AvgIpc) is 2.40. The Morgan fingerprint density at radius 2 is 1.47 bits per heavy atom. The molecule has 0 bridgehead atoms. The van der Waals surface area contributed by atoms with Gasteiger partial charge in [-0.3, -0.25) is 0 Å². The molecule has 0 amide bonds. The van der Waals surface area contributed by atoms with E-state index < -0.39 is 0 Å². The highest BCUT2D eigenvalue weighted by Gasteiger charge is 2.09. The van der Waals surface area contributed by atoms with Gasteiger partial charge in [0.25, 0.3) is 0 Å². The summed E-state index contributed by atoms with van der Waals surface area (Å²) in [6.45, 7) is 8.94. The Hall–Kier alpha value is -1.56. The molecule has 0 nitrogen and oxygen atoms in total. The zero-order valence-corrected chi connectivity index (χ0v) is 12.6. The van der Waals surface area contributed by atoms with Gasteiger partial charge < -0.3 is 0 Å². The lowest BCUT2D eigenvalue weighted by Gasteiger charge is -2.15. The molecule has 2 rings (SSSR count). The minimum Gasteiger partial charge on any atom is -0.0620 e. The van der Waals surface area contributed by atoms with Gasteiger partial charge in [0.05, 0.1) is 0 Å². The Balaban J connectivity index is 2.45. The fourth-order valence-corrected chi connectivity index (χ4v) is 2.91. The van der Waals surface area contributed by atoms with Crippen LogP contribution in [0, 0.1) is 13.8 Å². The number of hydrogen-bond donors (Lipinski definition) is 0. The lowest BCUT2D eigenvalue weighted by Crippen LogP contribution is -2.02. The first-order valence-electron chi connectivity index (χ1n) is 7.31. The summed E-state index contributed by atoms with van der Waals surface area (Å²) in [6.07, 6.45) is 3.32. The molecule has 0 heteroatoms. The van der Waals surface area contributed by atoms with Gasteiger partial charge in [0.15, 0.2) is 0 Å². The molecule has 100 valence electrons. The molecule has 0 saturated carbocycles. The van der Waals surface area contributed by atoms with E-state index in [0.717, 1.165) is 19.3 Å². The summed E-state index contributed by atoms with van der Waals surface area (Å²) in [5, 5.41) is 0. The zero-order valence-electron chi connectivity index (χ0n) is 12.6. The van der Waals surface area contributed by atoms with E-state index in [2.05, 4.69) is 64.1 Å². The normalized spacial score (nSPS) is 10.7. The van der Waals surface area contributed by atoms with Gasteiger partial charge in [-0.15, -0.1) is 0 Å². The van der Waals surface area contributed by atoms with E-state index in [-0.39, 0.29) is 0 Å². The predicted octanol–water partition coefficient (Wildman–Crippen LogP) is 5.02. The average molecular weight is 252 g/mol. The van der Waals surface area contributed by atoms with Crippen LogP contribution >= 0.6 is 0 Å². The molecule has 0 fully saturated rings. The van der Waals surface area contributed by atoms with Gasteiger partial charge in [0.2, 0.25) is 0 Å². The highest BCUT2D eigenvalue weighted by atomic mass is 14.1. The predicted molar refractivity (Wildman–Crippen MR) is 83.9 cm³/mol. The third-order valence-electron chi connectivity index (χ3n) is 3.96. The molecule has 0 unspecified atom stereocenters. The Morgan fingerprint density at radius 1 is 0.789 bits per heavy atom.